The largest absolute Gasteiger partial charge is 0.340 e. The number of fused-ring (bicyclic) bond motifs is 1. The van der Waals surface area contributed by atoms with Crippen LogP contribution in [0.1, 0.15) is 26.3 Å². The molecule has 5 nitrogen and oxygen atoms in total. The van der Waals surface area contributed by atoms with Crippen molar-refractivity contribution in [1.29, 1.82) is 0 Å². The van der Waals surface area contributed by atoms with Crippen LogP contribution in [-0.4, -0.2) is 14.4 Å². The summed E-state index contributed by atoms with van der Waals surface area (Å²) in [6.07, 6.45) is 4.75. The minimum Gasteiger partial charge on any atom is -0.340 e. The molecule has 0 amide bonds. The monoisotopic (exact) mass is 294 g/mol. The molecule has 2 aromatic heterocycles. The molecule has 0 spiro atoms. The van der Waals surface area contributed by atoms with Crippen LogP contribution in [0, 0.1) is 0 Å². The zero-order valence-corrected chi connectivity index (χ0v) is 12.9. The van der Waals surface area contributed by atoms with E-state index >= 15 is 0 Å². The van der Waals surface area contributed by atoms with Gasteiger partial charge in [0.05, 0.1) is 6.20 Å². The molecule has 0 atom stereocenters. The van der Waals surface area contributed by atoms with Crippen LogP contribution in [0.5, 0.6) is 0 Å². The predicted octanol–water partition coefficient (Wildman–Crippen LogP) is 3.13. The predicted molar refractivity (Wildman–Crippen MR) is 87.7 cm³/mol. The highest BCUT2D eigenvalue weighted by molar-refractivity contribution is 5.63. The summed E-state index contributed by atoms with van der Waals surface area (Å²) in [6, 6.07) is 9.54. The summed E-state index contributed by atoms with van der Waals surface area (Å²) in [7, 11) is 0. The van der Waals surface area contributed by atoms with Crippen LogP contribution in [0.4, 0.5) is 11.5 Å². The third-order valence-electron chi connectivity index (χ3n) is 3.47. The molecule has 1 N–H and O–H groups in total. The van der Waals surface area contributed by atoms with Crippen LogP contribution >= 0.6 is 0 Å². The van der Waals surface area contributed by atoms with E-state index in [0.717, 1.165) is 5.69 Å². The zero-order chi connectivity index (χ0) is 15.7. The highest BCUT2D eigenvalue weighted by Gasteiger charge is 2.17. The number of rotatable bonds is 2. The second-order valence-electron chi connectivity index (χ2n) is 6.20. The van der Waals surface area contributed by atoms with E-state index in [2.05, 4.69) is 42.1 Å². The van der Waals surface area contributed by atoms with Crippen LogP contribution in [0.2, 0.25) is 0 Å². The Morgan fingerprint density at radius 1 is 1.18 bits per heavy atom. The SMILES string of the molecule is CC(C)(C)c1ccccc1Nc1cc(=O)n2ccncc2n1. The molecule has 1 aromatic carbocycles. The molecule has 22 heavy (non-hydrogen) atoms. The lowest BCUT2D eigenvalue weighted by Gasteiger charge is -2.23. The van der Waals surface area contributed by atoms with Crippen molar-refractivity contribution in [1.82, 2.24) is 14.4 Å². The number of hydrogen-bond donors (Lipinski definition) is 1. The molecule has 112 valence electrons. The molecule has 3 aromatic rings. The number of nitrogens with one attached hydrogen (secondary N) is 1. The fourth-order valence-electron chi connectivity index (χ4n) is 2.41. The van der Waals surface area contributed by atoms with Crippen LogP contribution in [-0.2, 0) is 5.41 Å². The first kappa shape index (κ1) is 14.3. The molecule has 0 saturated carbocycles. The van der Waals surface area contributed by atoms with Crippen molar-refractivity contribution in [3.63, 3.8) is 0 Å². The van der Waals surface area contributed by atoms with Gasteiger partial charge in [-0.05, 0) is 17.0 Å². The van der Waals surface area contributed by atoms with Gasteiger partial charge >= 0.3 is 0 Å². The summed E-state index contributed by atoms with van der Waals surface area (Å²) < 4.78 is 1.47. The lowest BCUT2D eigenvalue weighted by molar-refractivity contribution is 0.592. The van der Waals surface area contributed by atoms with Gasteiger partial charge in [-0.15, -0.1) is 0 Å². The van der Waals surface area contributed by atoms with Gasteiger partial charge in [-0.1, -0.05) is 39.0 Å². The van der Waals surface area contributed by atoms with E-state index < -0.39 is 0 Å². The number of benzene rings is 1. The van der Waals surface area contributed by atoms with E-state index in [9.17, 15) is 4.79 Å². The molecule has 0 unspecified atom stereocenters. The van der Waals surface area contributed by atoms with E-state index in [1.165, 1.54) is 16.0 Å². The van der Waals surface area contributed by atoms with E-state index in [1.54, 1.807) is 18.6 Å². The summed E-state index contributed by atoms with van der Waals surface area (Å²) in [5, 5.41) is 3.26. The van der Waals surface area contributed by atoms with Gasteiger partial charge in [0.2, 0.25) is 0 Å². The lowest BCUT2D eigenvalue weighted by atomic mass is 9.86. The molecule has 3 rings (SSSR count). The van der Waals surface area contributed by atoms with Crippen LogP contribution in [0.25, 0.3) is 5.65 Å². The first-order valence-electron chi connectivity index (χ1n) is 7.15. The highest BCUT2D eigenvalue weighted by Crippen LogP contribution is 2.30. The molecule has 0 aliphatic carbocycles. The van der Waals surface area contributed by atoms with Gasteiger partial charge in [-0.3, -0.25) is 14.2 Å². The summed E-state index contributed by atoms with van der Waals surface area (Å²) in [5.41, 5.74) is 2.50. The fourth-order valence-corrected chi connectivity index (χ4v) is 2.41. The van der Waals surface area contributed by atoms with E-state index in [0.29, 0.717) is 11.5 Å². The van der Waals surface area contributed by atoms with Gasteiger partial charge in [0.15, 0.2) is 5.65 Å². The number of anilines is 2. The average Bonchev–Trinajstić information content (AvgIpc) is 2.47. The van der Waals surface area contributed by atoms with Gasteiger partial charge in [0.25, 0.3) is 5.56 Å². The Morgan fingerprint density at radius 2 is 1.95 bits per heavy atom. The van der Waals surface area contributed by atoms with Crippen molar-refractivity contribution < 1.29 is 0 Å². The number of hydrogen-bond acceptors (Lipinski definition) is 4. The summed E-state index contributed by atoms with van der Waals surface area (Å²) in [4.78, 5) is 20.6. The zero-order valence-electron chi connectivity index (χ0n) is 12.9. The topological polar surface area (TPSA) is 59.3 Å². The lowest BCUT2D eigenvalue weighted by Crippen LogP contribution is -2.17. The third-order valence-corrected chi connectivity index (χ3v) is 3.47. The highest BCUT2D eigenvalue weighted by atomic mass is 16.1. The second kappa shape index (κ2) is 5.26. The average molecular weight is 294 g/mol. The Balaban J connectivity index is 2.06. The third kappa shape index (κ3) is 2.70. The summed E-state index contributed by atoms with van der Waals surface area (Å²) in [5.74, 6) is 0.523. The van der Waals surface area contributed by atoms with E-state index in [1.807, 2.05) is 18.2 Å². The molecule has 2 heterocycles. The Kier molecular flexibility index (Phi) is 3.41. The Morgan fingerprint density at radius 3 is 2.73 bits per heavy atom. The first-order chi connectivity index (χ1) is 10.4. The molecular weight excluding hydrogens is 276 g/mol. The van der Waals surface area contributed by atoms with Crippen LogP contribution < -0.4 is 10.9 Å². The Hall–Kier alpha value is -2.69. The molecule has 0 aliphatic rings. The van der Waals surface area contributed by atoms with Gasteiger partial charge in [0.1, 0.15) is 5.82 Å². The van der Waals surface area contributed by atoms with E-state index in [4.69, 9.17) is 0 Å². The molecule has 0 aliphatic heterocycles. The van der Waals surface area contributed by atoms with Crippen molar-refractivity contribution in [3.8, 4) is 0 Å². The molecule has 0 fully saturated rings. The Labute approximate surface area is 128 Å². The van der Waals surface area contributed by atoms with Gasteiger partial charge < -0.3 is 5.32 Å². The minimum atomic E-state index is -0.136. The number of aromatic nitrogens is 3. The maximum absolute atomic E-state index is 12.1. The van der Waals surface area contributed by atoms with Crippen molar-refractivity contribution in [3.05, 3.63) is 64.8 Å². The van der Waals surface area contributed by atoms with Crippen molar-refractivity contribution in [2.24, 2.45) is 0 Å². The van der Waals surface area contributed by atoms with Crippen LogP contribution in [0.3, 0.4) is 0 Å². The number of para-hydroxylation sites is 1. The van der Waals surface area contributed by atoms with E-state index in [-0.39, 0.29) is 11.0 Å². The van der Waals surface area contributed by atoms with Crippen molar-refractivity contribution >= 4 is 17.2 Å². The minimum absolute atomic E-state index is 0.00293. The Bertz CT molecular complexity index is 877. The first-order valence-corrected chi connectivity index (χ1v) is 7.15. The van der Waals surface area contributed by atoms with Crippen molar-refractivity contribution in [2.75, 3.05) is 5.32 Å². The second-order valence-corrected chi connectivity index (χ2v) is 6.20. The molecule has 5 heteroatoms. The van der Waals surface area contributed by atoms with Gasteiger partial charge in [-0.25, -0.2) is 4.98 Å². The maximum Gasteiger partial charge on any atom is 0.260 e. The number of nitrogens with zero attached hydrogens (tertiary/aromatic N) is 3. The molecular formula is C17H18N4O. The molecule has 0 radical (unpaired) electrons. The molecule has 0 bridgehead atoms. The van der Waals surface area contributed by atoms with Crippen molar-refractivity contribution in [2.45, 2.75) is 26.2 Å². The van der Waals surface area contributed by atoms with Gasteiger partial charge in [0, 0.05) is 24.1 Å². The quantitative estimate of drug-likeness (QED) is 0.789. The smallest absolute Gasteiger partial charge is 0.260 e. The summed E-state index contributed by atoms with van der Waals surface area (Å²) >= 11 is 0. The standard InChI is InChI=1S/C17H18N4O/c1-17(2,3)12-6-4-5-7-13(12)19-14-10-16(22)21-9-8-18-11-15(21)20-14/h4-11,19H,1-3H3. The fraction of sp³-hybridized carbons (Fsp3) is 0.235. The normalized spacial score (nSPS) is 11.6. The summed E-state index contributed by atoms with van der Waals surface area (Å²) in [6.45, 7) is 6.46. The molecule has 0 saturated heterocycles. The van der Waals surface area contributed by atoms with Crippen LogP contribution in [0.15, 0.2) is 53.7 Å². The maximum atomic E-state index is 12.1. The van der Waals surface area contributed by atoms with Gasteiger partial charge in [-0.2, -0.15) is 0 Å².